The van der Waals surface area contributed by atoms with Gasteiger partial charge in [0.25, 0.3) is 0 Å². The first-order chi connectivity index (χ1) is 8.59. The van der Waals surface area contributed by atoms with E-state index in [1.165, 1.54) is 6.07 Å². The van der Waals surface area contributed by atoms with E-state index in [4.69, 9.17) is 9.84 Å². The second-order valence-corrected chi connectivity index (χ2v) is 4.31. The summed E-state index contributed by atoms with van der Waals surface area (Å²) >= 11 is 0. The van der Waals surface area contributed by atoms with E-state index in [0.29, 0.717) is 18.7 Å². The Balaban J connectivity index is 2.14. The van der Waals surface area contributed by atoms with Crippen molar-refractivity contribution in [1.29, 1.82) is 0 Å². The minimum absolute atomic E-state index is 0.0948. The zero-order valence-electron chi connectivity index (χ0n) is 10.1. The molecule has 1 aliphatic rings. The summed E-state index contributed by atoms with van der Waals surface area (Å²) in [5.41, 5.74) is 0.423. The number of nitrogens with one attached hydrogen (secondary N) is 1. The summed E-state index contributed by atoms with van der Waals surface area (Å²) in [6.07, 6.45) is 0.546. The first kappa shape index (κ1) is 12.6. The molecule has 0 aliphatic carbocycles. The summed E-state index contributed by atoms with van der Waals surface area (Å²) in [5, 5.41) is 11.7. The van der Waals surface area contributed by atoms with Gasteiger partial charge in [-0.15, -0.1) is 0 Å². The highest BCUT2D eigenvalue weighted by Crippen LogP contribution is 2.23. The first-order valence-electron chi connectivity index (χ1n) is 5.84. The van der Waals surface area contributed by atoms with Crippen molar-refractivity contribution >= 4 is 17.6 Å². The largest absolute Gasteiger partial charge is 0.478 e. The fraction of sp³-hybridized carbons (Fsp3) is 0.385. The zero-order valence-corrected chi connectivity index (χ0v) is 10.1. The summed E-state index contributed by atoms with van der Waals surface area (Å²) in [4.78, 5) is 23.0. The maximum absolute atomic E-state index is 12.0. The molecule has 5 heteroatoms. The average molecular weight is 249 g/mol. The number of hydrogen-bond acceptors (Lipinski definition) is 3. The Morgan fingerprint density at radius 3 is 2.72 bits per heavy atom. The third kappa shape index (κ3) is 2.51. The molecule has 2 atom stereocenters. The standard InChI is InChI=1S/C13H15NO4/c1-8-9(6-7-18-8)12(15)14-11-5-3-2-4-10(11)13(16)17/h2-5,8-9H,6-7H2,1H3,(H,14,15)(H,16,17). The number of carboxylic acid groups (broad SMARTS) is 1. The van der Waals surface area contributed by atoms with Crippen LogP contribution in [0.15, 0.2) is 24.3 Å². The summed E-state index contributed by atoms with van der Waals surface area (Å²) in [6.45, 7) is 2.42. The number of hydrogen-bond donors (Lipinski definition) is 2. The van der Waals surface area contributed by atoms with Crippen LogP contribution in [0.1, 0.15) is 23.7 Å². The van der Waals surface area contributed by atoms with E-state index in [9.17, 15) is 9.59 Å². The van der Waals surface area contributed by atoms with Crippen molar-refractivity contribution < 1.29 is 19.4 Å². The third-order valence-corrected chi connectivity index (χ3v) is 3.13. The minimum Gasteiger partial charge on any atom is -0.478 e. The van der Waals surface area contributed by atoms with Crippen LogP contribution >= 0.6 is 0 Å². The molecule has 1 amide bonds. The molecule has 2 rings (SSSR count). The van der Waals surface area contributed by atoms with Gasteiger partial charge in [-0.05, 0) is 25.5 Å². The van der Waals surface area contributed by atoms with Gasteiger partial charge in [-0.3, -0.25) is 4.79 Å². The summed E-state index contributed by atoms with van der Waals surface area (Å²) in [5.74, 6) is -1.46. The van der Waals surface area contributed by atoms with Crippen LogP contribution in [0.25, 0.3) is 0 Å². The number of rotatable bonds is 3. The molecule has 0 radical (unpaired) electrons. The predicted molar refractivity (Wildman–Crippen MR) is 65.6 cm³/mol. The number of anilines is 1. The number of amides is 1. The molecule has 1 saturated heterocycles. The van der Waals surface area contributed by atoms with Gasteiger partial charge < -0.3 is 15.2 Å². The molecule has 2 N–H and O–H groups in total. The van der Waals surface area contributed by atoms with Gasteiger partial charge in [-0.2, -0.15) is 0 Å². The molecule has 18 heavy (non-hydrogen) atoms. The van der Waals surface area contributed by atoms with E-state index in [1.807, 2.05) is 6.92 Å². The molecule has 0 bridgehead atoms. The molecule has 1 heterocycles. The number of carbonyl (C=O) groups is 2. The molecule has 0 saturated carbocycles. The van der Waals surface area contributed by atoms with Gasteiger partial charge in [0.15, 0.2) is 0 Å². The number of carbonyl (C=O) groups excluding carboxylic acids is 1. The van der Waals surface area contributed by atoms with Crippen molar-refractivity contribution in [2.75, 3.05) is 11.9 Å². The Bertz CT molecular complexity index is 472. The van der Waals surface area contributed by atoms with Crippen molar-refractivity contribution in [1.82, 2.24) is 0 Å². The Morgan fingerprint density at radius 1 is 1.39 bits per heavy atom. The SMILES string of the molecule is CC1OCCC1C(=O)Nc1ccccc1C(=O)O. The minimum atomic E-state index is -1.05. The molecular weight excluding hydrogens is 234 g/mol. The number of ether oxygens (including phenoxy) is 1. The number of aromatic carboxylic acids is 1. The van der Waals surface area contributed by atoms with E-state index in [-0.39, 0.29) is 23.5 Å². The number of para-hydroxylation sites is 1. The Labute approximate surface area is 105 Å². The summed E-state index contributed by atoms with van der Waals surface area (Å²) < 4.78 is 5.32. The highest BCUT2D eigenvalue weighted by atomic mass is 16.5. The number of benzene rings is 1. The Hall–Kier alpha value is -1.88. The van der Waals surface area contributed by atoms with E-state index in [1.54, 1.807) is 18.2 Å². The van der Waals surface area contributed by atoms with Gasteiger partial charge in [-0.25, -0.2) is 4.79 Å². The summed E-state index contributed by atoms with van der Waals surface area (Å²) in [6, 6.07) is 6.37. The van der Waals surface area contributed by atoms with Gasteiger partial charge in [-0.1, -0.05) is 12.1 Å². The zero-order chi connectivity index (χ0) is 13.1. The molecule has 2 unspecified atom stereocenters. The van der Waals surface area contributed by atoms with Crippen LogP contribution in [0, 0.1) is 5.92 Å². The highest BCUT2D eigenvalue weighted by Gasteiger charge is 2.31. The lowest BCUT2D eigenvalue weighted by atomic mass is 10.0. The molecule has 1 fully saturated rings. The molecule has 1 aromatic rings. The molecule has 96 valence electrons. The van der Waals surface area contributed by atoms with Crippen molar-refractivity contribution in [3.63, 3.8) is 0 Å². The maximum Gasteiger partial charge on any atom is 0.337 e. The molecule has 0 aromatic heterocycles. The van der Waals surface area contributed by atoms with E-state index in [0.717, 1.165) is 0 Å². The second kappa shape index (κ2) is 5.18. The molecule has 1 aliphatic heterocycles. The van der Waals surface area contributed by atoms with E-state index < -0.39 is 5.97 Å². The van der Waals surface area contributed by atoms with Gasteiger partial charge >= 0.3 is 5.97 Å². The lowest BCUT2D eigenvalue weighted by Gasteiger charge is -2.15. The summed E-state index contributed by atoms with van der Waals surface area (Å²) in [7, 11) is 0. The van der Waals surface area contributed by atoms with Gasteiger partial charge in [0.1, 0.15) is 0 Å². The highest BCUT2D eigenvalue weighted by molar-refractivity contribution is 6.01. The Morgan fingerprint density at radius 2 is 2.11 bits per heavy atom. The molecule has 0 spiro atoms. The third-order valence-electron chi connectivity index (χ3n) is 3.13. The molecule has 1 aromatic carbocycles. The first-order valence-corrected chi connectivity index (χ1v) is 5.84. The molecular formula is C13H15NO4. The number of carboxylic acids is 1. The van der Waals surface area contributed by atoms with Crippen molar-refractivity contribution in [3.8, 4) is 0 Å². The molecule has 5 nitrogen and oxygen atoms in total. The van der Waals surface area contributed by atoms with Crippen LogP contribution < -0.4 is 5.32 Å². The van der Waals surface area contributed by atoms with Crippen LogP contribution in [-0.2, 0) is 9.53 Å². The van der Waals surface area contributed by atoms with E-state index in [2.05, 4.69) is 5.32 Å². The average Bonchev–Trinajstić information content (AvgIpc) is 2.76. The smallest absolute Gasteiger partial charge is 0.337 e. The Kier molecular flexibility index (Phi) is 3.62. The van der Waals surface area contributed by atoms with Crippen LogP contribution in [0.2, 0.25) is 0 Å². The monoisotopic (exact) mass is 249 g/mol. The van der Waals surface area contributed by atoms with Gasteiger partial charge in [0.05, 0.1) is 23.3 Å². The van der Waals surface area contributed by atoms with Crippen LogP contribution in [-0.4, -0.2) is 29.7 Å². The fourth-order valence-electron chi connectivity index (χ4n) is 2.08. The maximum atomic E-state index is 12.0. The van der Waals surface area contributed by atoms with Crippen molar-refractivity contribution in [3.05, 3.63) is 29.8 Å². The normalized spacial score (nSPS) is 22.7. The van der Waals surface area contributed by atoms with Crippen LogP contribution in [0.5, 0.6) is 0 Å². The second-order valence-electron chi connectivity index (χ2n) is 4.31. The topological polar surface area (TPSA) is 75.6 Å². The van der Waals surface area contributed by atoms with Crippen LogP contribution in [0.4, 0.5) is 5.69 Å². The predicted octanol–water partition coefficient (Wildman–Crippen LogP) is 1.75. The van der Waals surface area contributed by atoms with Crippen molar-refractivity contribution in [2.45, 2.75) is 19.4 Å². The van der Waals surface area contributed by atoms with Crippen LogP contribution in [0.3, 0.4) is 0 Å². The quantitative estimate of drug-likeness (QED) is 0.855. The van der Waals surface area contributed by atoms with Crippen molar-refractivity contribution in [2.24, 2.45) is 5.92 Å². The fourth-order valence-corrected chi connectivity index (χ4v) is 2.08. The lowest BCUT2D eigenvalue weighted by Crippen LogP contribution is -2.28. The van der Waals surface area contributed by atoms with E-state index >= 15 is 0 Å². The lowest BCUT2D eigenvalue weighted by molar-refractivity contribution is -0.121. The van der Waals surface area contributed by atoms with Gasteiger partial charge in [0, 0.05) is 6.61 Å². The van der Waals surface area contributed by atoms with Gasteiger partial charge in [0.2, 0.25) is 5.91 Å².